The van der Waals surface area contributed by atoms with Crippen LogP contribution >= 0.6 is 0 Å². The Morgan fingerprint density at radius 2 is 2.35 bits per heavy atom. The standard InChI is InChI=1S/C11H15N3O3/c1-7-11(17)9(8(6-15)3-14-7)4-13-5-10(16)12-2/h3-4,15,17H,5-6H2,1-2H3,(H,12,16). The zero-order chi connectivity index (χ0) is 12.8. The number of aliphatic hydroxyl groups is 1. The Morgan fingerprint density at radius 3 is 2.94 bits per heavy atom. The van der Waals surface area contributed by atoms with Crippen LogP contribution in [0.15, 0.2) is 11.2 Å². The van der Waals surface area contributed by atoms with E-state index in [4.69, 9.17) is 5.11 Å². The maximum absolute atomic E-state index is 11.0. The van der Waals surface area contributed by atoms with Crippen LogP contribution in [0, 0.1) is 6.92 Å². The molecule has 6 heteroatoms. The molecule has 6 nitrogen and oxygen atoms in total. The first-order valence-corrected chi connectivity index (χ1v) is 5.08. The van der Waals surface area contributed by atoms with Crippen LogP contribution in [0.2, 0.25) is 0 Å². The molecule has 1 heterocycles. The number of aliphatic imine (C=N–C) groups is 1. The van der Waals surface area contributed by atoms with E-state index in [1.807, 2.05) is 0 Å². The third-order valence-electron chi connectivity index (χ3n) is 2.26. The van der Waals surface area contributed by atoms with Crippen LogP contribution in [-0.4, -0.2) is 40.9 Å². The zero-order valence-corrected chi connectivity index (χ0v) is 9.77. The number of amides is 1. The molecule has 0 fully saturated rings. The zero-order valence-electron chi connectivity index (χ0n) is 9.77. The number of rotatable bonds is 4. The van der Waals surface area contributed by atoms with Crippen molar-refractivity contribution in [1.29, 1.82) is 0 Å². The van der Waals surface area contributed by atoms with Gasteiger partial charge in [-0.2, -0.15) is 0 Å². The van der Waals surface area contributed by atoms with E-state index in [9.17, 15) is 9.90 Å². The molecule has 0 unspecified atom stereocenters. The molecule has 0 radical (unpaired) electrons. The summed E-state index contributed by atoms with van der Waals surface area (Å²) in [7, 11) is 1.52. The normalized spacial score (nSPS) is 10.8. The molecule has 0 atom stereocenters. The fourth-order valence-electron chi connectivity index (χ4n) is 1.22. The van der Waals surface area contributed by atoms with Gasteiger partial charge in [-0.05, 0) is 6.92 Å². The van der Waals surface area contributed by atoms with Crippen molar-refractivity contribution in [2.45, 2.75) is 13.5 Å². The van der Waals surface area contributed by atoms with Crippen molar-refractivity contribution in [2.75, 3.05) is 13.6 Å². The third-order valence-corrected chi connectivity index (χ3v) is 2.26. The maximum atomic E-state index is 11.0. The molecule has 17 heavy (non-hydrogen) atoms. The first kappa shape index (κ1) is 13.1. The van der Waals surface area contributed by atoms with Crippen LogP contribution in [0.3, 0.4) is 0 Å². The van der Waals surface area contributed by atoms with E-state index in [0.29, 0.717) is 16.8 Å². The molecule has 1 aromatic rings. The van der Waals surface area contributed by atoms with E-state index in [-0.39, 0.29) is 24.8 Å². The number of nitrogens with zero attached hydrogens (tertiary/aromatic N) is 2. The number of carbonyl (C=O) groups is 1. The molecule has 1 aromatic heterocycles. The van der Waals surface area contributed by atoms with Gasteiger partial charge in [0.1, 0.15) is 12.3 Å². The van der Waals surface area contributed by atoms with Crippen LogP contribution in [-0.2, 0) is 11.4 Å². The van der Waals surface area contributed by atoms with E-state index >= 15 is 0 Å². The molecule has 0 bridgehead atoms. The van der Waals surface area contributed by atoms with Crippen molar-refractivity contribution in [3.8, 4) is 5.75 Å². The SMILES string of the molecule is CNC(=O)CN=Cc1c(CO)cnc(C)c1O. The van der Waals surface area contributed by atoms with Gasteiger partial charge >= 0.3 is 0 Å². The summed E-state index contributed by atoms with van der Waals surface area (Å²) < 4.78 is 0. The second kappa shape index (κ2) is 5.95. The molecule has 3 N–H and O–H groups in total. The van der Waals surface area contributed by atoms with Crippen molar-refractivity contribution >= 4 is 12.1 Å². The number of aromatic nitrogens is 1. The first-order valence-electron chi connectivity index (χ1n) is 5.08. The van der Waals surface area contributed by atoms with Gasteiger partial charge in [0.15, 0.2) is 0 Å². The molecule has 0 aliphatic rings. The fraction of sp³-hybridized carbons (Fsp3) is 0.364. The largest absolute Gasteiger partial charge is 0.505 e. The van der Waals surface area contributed by atoms with Crippen LogP contribution in [0.4, 0.5) is 0 Å². The molecular weight excluding hydrogens is 222 g/mol. The molecular formula is C11H15N3O3. The van der Waals surface area contributed by atoms with Gasteiger partial charge in [0.2, 0.25) is 5.91 Å². The van der Waals surface area contributed by atoms with Gasteiger partial charge in [-0.3, -0.25) is 14.8 Å². The minimum Gasteiger partial charge on any atom is -0.505 e. The smallest absolute Gasteiger partial charge is 0.241 e. The van der Waals surface area contributed by atoms with Crippen molar-refractivity contribution in [3.63, 3.8) is 0 Å². The Labute approximate surface area is 99.0 Å². The van der Waals surface area contributed by atoms with Gasteiger partial charge in [-0.25, -0.2) is 0 Å². The topological polar surface area (TPSA) is 94.8 Å². The summed E-state index contributed by atoms with van der Waals surface area (Å²) >= 11 is 0. The predicted octanol–water partition coefficient (Wildman–Crippen LogP) is -0.247. The second-order valence-corrected chi connectivity index (χ2v) is 3.43. The molecule has 0 aliphatic heterocycles. The Bertz CT molecular complexity index is 444. The van der Waals surface area contributed by atoms with Crippen LogP contribution < -0.4 is 5.32 Å². The summed E-state index contributed by atoms with van der Waals surface area (Å²) in [5.41, 5.74) is 1.31. The van der Waals surface area contributed by atoms with E-state index < -0.39 is 0 Å². The lowest BCUT2D eigenvalue weighted by molar-refractivity contribution is -0.119. The highest BCUT2D eigenvalue weighted by Gasteiger charge is 2.09. The summed E-state index contributed by atoms with van der Waals surface area (Å²) in [6, 6.07) is 0. The summed E-state index contributed by atoms with van der Waals surface area (Å²) in [6.45, 7) is 1.37. The molecule has 1 amide bonds. The molecule has 0 aromatic carbocycles. The van der Waals surface area contributed by atoms with Crippen LogP contribution in [0.25, 0.3) is 0 Å². The van der Waals surface area contributed by atoms with Gasteiger partial charge < -0.3 is 15.5 Å². The summed E-state index contributed by atoms with van der Waals surface area (Å²) in [5.74, 6) is -0.255. The summed E-state index contributed by atoms with van der Waals surface area (Å²) in [5, 5.41) is 21.3. The molecule has 92 valence electrons. The summed E-state index contributed by atoms with van der Waals surface area (Å²) in [6.07, 6.45) is 2.83. The Morgan fingerprint density at radius 1 is 1.65 bits per heavy atom. The fourth-order valence-corrected chi connectivity index (χ4v) is 1.22. The number of hydrogen-bond acceptors (Lipinski definition) is 5. The molecule has 0 saturated carbocycles. The van der Waals surface area contributed by atoms with Crippen molar-refractivity contribution in [1.82, 2.24) is 10.3 Å². The number of nitrogens with one attached hydrogen (secondary N) is 1. The Hall–Kier alpha value is -1.95. The highest BCUT2D eigenvalue weighted by atomic mass is 16.3. The van der Waals surface area contributed by atoms with Crippen molar-refractivity contribution < 1.29 is 15.0 Å². The Balaban J connectivity index is 2.96. The van der Waals surface area contributed by atoms with Gasteiger partial charge in [0, 0.05) is 30.6 Å². The number of aliphatic hydroxyl groups excluding tert-OH is 1. The number of likely N-dealkylation sites (N-methyl/N-ethyl adjacent to an activating group) is 1. The van der Waals surface area contributed by atoms with Crippen LogP contribution in [0.5, 0.6) is 5.75 Å². The van der Waals surface area contributed by atoms with Crippen LogP contribution in [0.1, 0.15) is 16.8 Å². The van der Waals surface area contributed by atoms with E-state index in [0.717, 1.165) is 0 Å². The van der Waals surface area contributed by atoms with E-state index in [1.165, 1.54) is 19.5 Å². The average Bonchev–Trinajstić information content (AvgIpc) is 2.34. The highest BCUT2D eigenvalue weighted by molar-refractivity contribution is 5.88. The minimum atomic E-state index is -0.248. The molecule has 0 spiro atoms. The minimum absolute atomic E-state index is 0.0256. The number of carbonyl (C=O) groups excluding carboxylic acids is 1. The van der Waals surface area contributed by atoms with Crippen molar-refractivity contribution in [3.05, 3.63) is 23.0 Å². The van der Waals surface area contributed by atoms with Crippen molar-refractivity contribution in [2.24, 2.45) is 4.99 Å². The lowest BCUT2D eigenvalue weighted by atomic mass is 10.1. The number of aromatic hydroxyl groups is 1. The predicted molar refractivity (Wildman–Crippen MR) is 63.1 cm³/mol. The first-order chi connectivity index (χ1) is 8.10. The summed E-state index contributed by atoms with van der Waals surface area (Å²) in [4.78, 5) is 18.8. The van der Waals surface area contributed by atoms with Gasteiger partial charge in [-0.15, -0.1) is 0 Å². The number of hydrogen-bond donors (Lipinski definition) is 3. The molecule has 0 aliphatic carbocycles. The molecule has 0 saturated heterocycles. The monoisotopic (exact) mass is 237 g/mol. The molecule has 1 rings (SSSR count). The van der Waals surface area contributed by atoms with Gasteiger partial charge in [0.25, 0.3) is 0 Å². The van der Waals surface area contributed by atoms with Gasteiger partial charge in [-0.1, -0.05) is 0 Å². The second-order valence-electron chi connectivity index (χ2n) is 3.43. The van der Waals surface area contributed by atoms with E-state index in [2.05, 4.69) is 15.3 Å². The lowest BCUT2D eigenvalue weighted by Gasteiger charge is -2.06. The number of aryl methyl sites for hydroxylation is 1. The average molecular weight is 237 g/mol. The number of pyridine rings is 1. The maximum Gasteiger partial charge on any atom is 0.241 e. The Kier molecular flexibility index (Phi) is 4.59. The van der Waals surface area contributed by atoms with Gasteiger partial charge in [0.05, 0.1) is 12.3 Å². The van der Waals surface area contributed by atoms with E-state index in [1.54, 1.807) is 6.92 Å². The third kappa shape index (κ3) is 3.25. The quantitative estimate of drug-likeness (QED) is 0.629. The highest BCUT2D eigenvalue weighted by Crippen LogP contribution is 2.21. The lowest BCUT2D eigenvalue weighted by Crippen LogP contribution is -2.20.